The van der Waals surface area contributed by atoms with Gasteiger partial charge in [0.1, 0.15) is 5.75 Å². The van der Waals surface area contributed by atoms with Gasteiger partial charge in [-0.15, -0.1) is 0 Å². The van der Waals surface area contributed by atoms with Gasteiger partial charge in [0.25, 0.3) is 0 Å². The molecule has 1 atom stereocenters. The third kappa shape index (κ3) is 5.89. The first-order valence-corrected chi connectivity index (χ1v) is 10.5. The standard InChI is InChI=1S/C23H28ClN3O3/c1-26(2)21-11-10-18(24)15-20(21)25-23(29)17-7-6-13-27(16-17)22(28)12-14-30-19-8-4-3-5-9-19/h3-5,8-11,15,17H,6-7,12-14,16H2,1-2H3,(H,25,29). The van der Waals surface area contributed by atoms with E-state index in [0.29, 0.717) is 36.8 Å². The molecule has 7 heteroatoms. The number of piperidine rings is 1. The Morgan fingerprint density at radius 3 is 2.70 bits per heavy atom. The minimum absolute atomic E-state index is 0.0140. The van der Waals surface area contributed by atoms with E-state index in [0.717, 1.165) is 24.3 Å². The van der Waals surface area contributed by atoms with Crippen LogP contribution in [0.1, 0.15) is 19.3 Å². The predicted molar refractivity (Wildman–Crippen MR) is 120 cm³/mol. The van der Waals surface area contributed by atoms with E-state index in [4.69, 9.17) is 16.3 Å². The molecule has 3 rings (SSSR count). The number of hydrogen-bond acceptors (Lipinski definition) is 4. The van der Waals surface area contributed by atoms with E-state index in [1.54, 1.807) is 17.0 Å². The van der Waals surface area contributed by atoms with Crippen molar-refractivity contribution in [3.05, 3.63) is 53.6 Å². The molecule has 1 aliphatic heterocycles. The number of carbonyl (C=O) groups is 2. The molecular weight excluding hydrogens is 402 g/mol. The number of carbonyl (C=O) groups excluding carboxylic acids is 2. The molecule has 2 amide bonds. The average molecular weight is 430 g/mol. The Morgan fingerprint density at radius 1 is 1.20 bits per heavy atom. The quantitative estimate of drug-likeness (QED) is 0.721. The van der Waals surface area contributed by atoms with E-state index in [-0.39, 0.29) is 17.7 Å². The molecule has 0 bridgehead atoms. The highest BCUT2D eigenvalue weighted by Gasteiger charge is 2.28. The molecule has 0 saturated carbocycles. The predicted octanol–water partition coefficient (Wildman–Crippen LogP) is 4.05. The van der Waals surface area contributed by atoms with Gasteiger partial charge in [0, 0.05) is 32.2 Å². The number of benzene rings is 2. The molecule has 1 heterocycles. The zero-order valence-corrected chi connectivity index (χ0v) is 18.2. The van der Waals surface area contributed by atoms with Crippen LogP contribution in [0.25, 0.3) is 0 Å². The van der Waals surface area contributed by atoms with Gasteiger partial charge in [0.15, 0.2) is 0 Å². The molecule has 1 unspecified atom stereocenters. The van der Waals surface area contributed by atoms with Crippen LogP contribution in [-0.4, -0.2) is 50.5 Å². The van der Waals surface area contributed by atoms with Crippen molar-refractivity contribution in [2.75, 3.05) is 44.0 Å². The van der Waals surface area contributed by atoms with Crippen LogP contribution >= 0.6 is 11.6 Å². The molecule has 0 aliphatic carbocycles. The lowest BCUT2D eigenvalue weighted by Crippen LogP contribution is -2.44. The number of likely N-dealkylation sites (tertiary alicyclic amines) is 1. The van der Waals surface area contributed by atoms with Crippen molar-refractivity contribution in [1.82, 2.24) is 4.90 Å². The molecule has 2 aromatic carbocycles. The lowest BCUT2D eigenvalue weighted by Gasteiger charge is -2.32. The monoisotopic (exact) mass is 429 g/mol. The number of halogens is 1. The Labute approximate surface area is 182 Å². The lowest BCUT2D eigenvalue weighted by atomic mass is 9.96. The summed E-state index contributed by atoms with van der Waals surface area (Å²) in [5, 5.41) is 3.56. The second kappa shape index (κ2) is 10.3. The molecule has 160 valence electrons. The summed E-state index contributed by atoms with van der Waals surface area (Å²) in [5.74, 6) is 0.435. The summed E-state index contributed by atoms with van der Waals surface area (Å²) in [5.41, 5.74) is 1.56. The summed E-state index contributed by atoms with van der Waals surface area (Å²) in [6.07, 6.45) is 1.86. The maximum absolute atomic E-state index is 12.9. The number of ether oxygens (including phenoxy) is 1. The second-order valence-electron chi connectivity index (χ2n) is 7.64. The Balaban J connectivity index is 1.54. The normalized spacial score (nSPS) is 16.1. The summed E-state index contributed by atoms with van der Waals surface area (Å²) in [6.45, 7) is 1.42. The van der Waals surface area contributed by atoms with Gasteiger partial charge in [-0.3, -0.25) is 9.59 Å². The Morgan fingerprint density at radius 2 is 1.97 bits per heavy atom. The van der Waals surface area contributed by atoms with Crippen LogP contribution in [0, 0.1) is 5.92 Å². The van der Waals surface area contributed by atoms with Crippen molar-refractivity contribution >= 4 is 34.8 Å². The first-order chi connectivity index (χ1) is 14.4. The van der Waals surface area contributed by atoms with E-state index in [2.05, 4.69) is 5.32 Å². The Bertz CT molecular complexity index is 873. The van der Waals surface area contributed by atoms with Crippen LogP contribution in [-0.2, 0) is 9.59 Å². The van der Waals surface area contributed by atoms with Crippen LogP contribution in [0.4, 0.5) is 11.4 Å². The number of amides is 2. The minimum atomic E-state index is -0.244. The van der Waals surface area contributed by atoms with Gasteiger partial charge >= 0.3 is 0 Å². The summed E-state index contributed by atoms with van der Waals surface area (Å²) < 4.78 is 5.62. The maximum atomic E-state index is 12.9. The maximum Gasteiger partial charge on any atom is 0.229 e. The first-order valence-electron chi connectivity index (χ1n) is 10.2. The summed E-state index contributed by atoms with van der Waals surface area (Å²) >= 11 is 6.11. The zero-order valence-electron chi connectivity index (χ0n) is 17.4. The number of nitrogens with zero attached hydrogens (tertiary/aromatic N) is 2. The number of rotatable bonds is 7. The fourth-order valence-corrected chi connectivity index (χ4v) is 3.75. The first kappa shape index (κ1) is 22.0. The van der Waals surface area contributed by atoms with E-state index in [1.807, 2.05) is 55.4 Å². The molecule has 0 spiro atoms. The van der Waals surface area contributed by atoms with Gasteiger partial charge in [-0.25, -0.2) is 0 Å². The topological polar surface area (TPSA) is 61.9 Å². The highest BCUT2D eigenvalue weighted by molar-refractivity contribution is 6.31. The molecule has 1 aliphatic rings. The van der Waals surface area contributed by atoms with Crippen LogP contribution < -0.4 is 15.0 Å². The Kier molecular flexibility index (Phi) is 7.57. The number of para-hydroxylation sites is 1. The van der Waals surface area contributed by atoms with Crippen LogP contribution in [0.3, 0.4) is 0 Å². The SMILES string of the molecule is CN(C)c1ccc(Cl)cc1NC(=O)C1CCCN(C(=O)CCOc2ccccc2)C1. The molecular formula is C23H28ClN3O3. The molecule has 0 radical (unpaired) electrons. The van der Waals surface area contributed by atoms with Crippen molar-refractivity contribution in [3.63, 3.8) is 0 Å². The summed E-state index contributed by atoms with van der Waals surface area (Å²) in [7, 11) is 3.83. The molecule has 1 N–H and O–H groups in total. The van der Waals surface area contributed by atoms with Gasteiger partial charge in [-0.05, 0) is 43.2 Å². The molecule has 1 saturated heterocycles. The van der Waals surface area contributed by atoms with E-state index in [1.165, 1.54) is 0 Å². The molecule has 0 aromatic heterocycles. The number of anilines is 2. The fourth-order valence-electron chi connectivity index (χ4n) is 3.58. The minimum Gasteiger partial charge on any atom is -0.493 e. The van der Waals surface area contributed by atoms with Crippen LogP contribution in [0.2, 0.25) is 5.02 Å². The van der Waals surface area contributed by atoms with Gasteiger partial charge in [0.2, 0.25) is 11.8 Å². The third-order valence-electron chi connectivity index (χ3n) is 5.17. The highest BCUT2D eigenvalue weighted by atomic mass is 35.5. The molecule has 2 aromatic rings. The van der Waals surface area contributed by atoms with E-state index >= 15 is 0 Å². The van der Waals surface area contributed by atoms with E-state index < -0.39 is 0 Å². The average Bonchev–Trinajstić information content (AvgIpc) is 2.74. The van der Waals surface area contributed by atoms with Gasteiger partial charge in [-0.2, -0.15) is 0 Å². The smallest absolute Gasteiger partial charge is 0.229 e. The van der Waals surface area contributed by atoms with Crippen molar-refractivity contribution in [1.29, 1.82) is 0 Å². The largest absolute Gasteiger partial charge is 0.493 e. The van der Waals surface area contributed by atoms with E-state index in [9.17, 15) is 9.59 Å². The van der Waals surface area contributed by atoms with Gasteiger partial charge < -0.3 is 19.9 Å². The van der Waals surface area contributed by atoms with Crippen LogP contribution in [0.5, 0.6) is 5.75 Å². The molecule has 30 heavy (non-hydrogen) atoms. The van der Waals surface area contributed by atoms with Gasteiger partial charge in [-0.1, -0.05) is 29.8 Å². The third-order valence-corrected chi connectivity index (χ3v) is 5.41. The number of nitrogens with one attached hydrogen (secondary N) is 1. The molecule has 6 nitrogen and oxygen atoms in total. The van der Waals surface area contributed by atoms with Crippen LogP contribution in [0.15, 0.2) is 48.5 Å². The fraction of sp³-hybridized carbons (Fsp3) is 0.391. The Hall–Kier alpha value is -2.73. The van der Waals surface area contributed by atoms with Crippen molar-refractivity contribution < 1.29 is 14.3 Å². The summed E-state index contributed by atoms with van der Waals surface area (Å²) in [6, 6.07) is 14.9. The number of hydrogen-bond donors (Lipinski definition) is 1. The zero-order chi connectivity index (χ0) is 21.5. The van der Waals surface area contributed by atoms with Crippen molar-refractivity contribution in [2.45, 2.75) is 19.3 Å². The highest BCUT2D eigenvalue weighted by Crippen LogP contribution is 2.29. The second-order valence-corrected chi connectivity index (χ2v) is 8.07. The van der Waals surface area contributed by atoms with Gasteiger partial charge in [0.05, 0.1) is 30.3 Å². The van der Waals surface area contributed by atoms with Crippen molar-refractivity contribution in [2.24, 2.45) is 5.92 Å². The van der Waals surface area contributed by atoms with Crippen molar-refractivity contribution in [3.8, 4) is 5.75 Å². The summed E-state index contributed by atoms with van der Waals surface area (Å²) in [4.78, 5) is 29.2. The lowest BCUT2D eigenvalue weighted by molar-refractivity contribution is -0.135. The molecule has 1 fully saturated rings.